The second-order valence-corrected chi connectivity index (χ2v) is 6.26. The largest absolute Gasteiger partial charge is 0.504 e. The van der Waals surface area contributed by atoms with Gasteiger partial charge in [-0.3, -0.25) is 4.79 Å². The van der Waals surface area contributed by atoms with Crippen molar-refractivity contribution in [2.45, 2.75) is 45.4 Å². The molecule has 3 nitrogen and oxygen atoms in total. The number of ether oxygens (including phenoxy) is 1. The van der Waals surface area contributed by atoms with E-state index in [0.717, 1.165) is 24.3 Å². The lowest BCUT2D eigenvalue weighted by Crippen LogP contribution is -1.97. The fraction of sp³-hybridized carbons (Fsp3) is 0.348. The second-order valence-electron chi connectivity index (χ2n) is 6.26. The smallest absolute Gasteiger partial charge is 0.220 e. The van der Waals surface area contributed by atoms with Gasteiger partial charge in [0.05, 0.1) is 6.61 Å². The molecule has 26 heavy (non-hydrogen) atoms. The summed E-state index contributed by atoms with van der Waals surface area (Å²) < 4.78 is 5.76. The number of hydrogen-bond donors (Lipinski definition) is 1. The van der Waals surface area contributed by atoms with Crippen LogP contribution in [0, 0.1) is 11.8 Å². The Morgan fingerprint density at radius 2 is 1.38 bits per heavy atom. The lowest BCUT2D eigenvalue weighted by Gasteiger charge is -2.06. The topological polar surface area (TPSA) is 46.5 Å². The minimum absolute atomic E-state index is 0.273. The molecule has 0 heterocycles. The summed E-state index contributed by atoms with van der Waals surface area (Å²) in [5.74, 6) is 6.62. The van der Waals surface area contributed by atoms with E-state index in [9.17, 15) is 9.90 Å². The van der Waals surface area contributed by atoms with E-state index in [2.05, 4.69) is 18.8 Å². The van der Waals surface area contributed by atoms with Crippen molar-refractivity contribution in [3.63, 3.8) is 0 Å². The average Bonchev–Trinajstić information content (AvgIpc) is 2.82. The van der Waals surface area contributed by atoms with Gasteiger partial charge in [-0.1, -0.05) is 50.9 Å². The van der Waals surface area contributed by atoms with Gasteiger partial charge >= 0.3 is 0 Å². The molecule has 0 radical (unpaired) electrons. The van der Waals surface area contributed by atoms with E-state index >= 15 is 0 Å². The highest BCUT2D eigenvalue weighted by Crippen LogP contribution is 2.13. The number of hydrogen-bond acceptors (Lipinski definition) is 3. The fourth-order valence-electron chi connectivity index (χ4n) is 2.49. The quantitative estimate of drug-likeness (QED) is 0.544. The van der Waals surface area contributed by atoms with Crippen molar-refractivity contribution in [1.82, 2.24) is 0 Å². The number of aromatic hydroxyl groups is 1. The van der Waals surface area contributed by atoms with E-state index in [1.807, 2.05) is 24.3 Å². The van der Waals surface area contributed by atoms with Crippen molar-refractivity contribution >= 4 is 0 Å². The van der Waals surface area contributed by atoms with Gasteiger partial charge in [-0.25, -0.2) is 0 Å². The van der Waals surface area contributed by atoms with Crippen molar-refractivity contribution < 1.29 is 9.84 Å². The van der Waals surface area contributed by atoms with Gasteiger partial charge in [-0.05, 0) is 55.0 Å². The van der Waals surface area contributed by atoms with Crippen molar-refractivity contribution in [2.24, 2.45) is 0 Å². The summed E-state index contributed by atoms with van der Waals surface area (Å²) in [6.07, 6.45) is 7.51. The minimum Gasteiger partial charge on any atom is -0.504 e. The molecule has 0 aliphatic heterocycles. The van der Waals surface area contributed by atoms with Gasteiger partial charge in [0, 0.05) is 11.1 Å². The first-order valence-electron chi connectivity index (χ1n) is 9.27. The highest BCUT2D eigenvalue weighted by atomic mass is 16.5. The Balaban J connectivity index is 1.83. The zero-order valence-electron chi connectivity index (χ0n) is 15.3. The van der Waals surface area contributed by atoms with Crippen LogP contribution in [0.1, 0.15) is 56.6 Å². The van der Waals surface area contributed by atoms with Crippen molar-refractivity contribution in [3.05, 3.63) is 69.9 Å². The molecule has 0 amide bonds. The molecule has 2 aromatic carbocycles. The lowest BCUT2D eigenvalue weighted by atomic mass is 10.1. The summed E-state index contributed by atoms with van der Waals surface area (Å²) in [7, 11) is 0. The van der Waals surface area contributed by atoms with Gasteiger partial charge in [-0.2, -0.15) is 0 Å². The molecule has 2 rings (SSSR count). The molecule has 1 N–H and O–H groups in total. The molecule has 0 aliphatic carbocycles. The van der Waals surface area contributed by atoms with Crippen LogP contribution >= 0.6 is 0 Å². The third-order valence-electron chi connectivity index (χ3n) is 4.06. The maximum absolute atomic E-state index is 11.3. The summed E-state index contributed by atoms with van der Waals surface area (Å²) >= 11 is 0. The Hall–Kier alpha value is -2.73. The predicted octanol–water partition coefficient (Wildman–Crippen LogP) is 4.89. The Morgan fingerprint density at radius 1 is 0.808 bits per heavy atom. The Labute approximate surface area is 155 Å². The molecule has 0 saturated carbocycles. The SMILES string of the molecule is CCCCCCCCOc1ccc(C#Cc2ccc(O)c(=O)cc2)cc1. The molecule has 0 unspecified atom stereocenters. The van der Waals surface area contributed by atoms with Crippen LogP contribution in [-0.4, -0.2) is 11.7 Å². The zero-order chi connectivity index (χ0) is 18.6. The monoisotopic (exact) mass is 350 g/mol. The van der Waals surface area contributed by atoms with Crippen LogP contribution in [0.3, 0.4) is 0 Å². The summed E-state index contributed by atoms with van der Waals surface area (Å²) in [6.45, 7) is 2.98. The number of unbranched alkanes of at least 4 members (excludes halogenated alkanes) is 5. The van der Waals surface area contributed by atoms with Gasteiger partial charge in [-0.15, -0.1) is 0 Å². The normalized spacial score (nSPS) is 10.0. The summed E-state index contributed by atoms with van der Waals surface area (Å²) in [5.41, 5.74) is 1.13. The van der Waals surface area contributed by atoms with Crippen LogP contribution in [0.5, 0.6) is 11.5 Å². The van der Waals surface area contributed by atoms with Gasteiger partial charge in [0.1, 0.15) is 5.75 Å². The summed E-state index contributed by atoms with van der Waals surface area (Å²) in [5, 5.41) is 9.39. The van der Waals surface area contributed by atoms with Crippen LogP contribution in [0.25, 0.3) is 0 Å². The lowest BCUT2D eigenvalue weighted by molar-refractivity contribution is 0.304. The molecule has 0 spiro atoms. The summed E-state index contributed by atoms with van der Waals surface area (Å²) in [4.78, 5) is 11.3. The fourth-order valence-corrected chi connectivity index (χ4v) is 2.49. The number of rotatable bonds is 8. The van der Waals surface area contributed by atoms with Crippen LogP contribution < -0.4 is 10.2 Å². The maximum atomic E-state index is 11.3. The van der Waals surface area contributed by atoms with Crippen molar-refractivity contribution in [1.29, 1.82) is 0 Å². The molecule has 3 heteroatoms. The molecule has 136 valence electrons. The van der Waals surface area contributed by atoms with E-state index < -0.39 is 5.43 Å². The standard InChI is InChI=1S/C23H26O3/c1-2-3-4-5-6-7-18-26-21-14-10-19(11-15-21)8-9-20-12-16-22(24)23(25)17-13-20/h10-17H,2-7,18H2,1H3,(H,24,25). The van der Waals surface area contributed by atoms with Gasteiger partial charge in [0.2, 0.25) is 5.43 Å². The van der Waals surface area contributed by atoms with E-state index in [0.29, 0.717) is 5.56 Å². The van der Waals surface area contributed by atoms with Gasteiger partial charge < -0.3 is 9.84 Å². The molecule has 2 aromatic rings. The first kappa shape index (κ1) is 19.6. The molecular weight excluding hydrogens is 324 g/mol. The third-order valence-corrected chi connectivity index (χ3v) is 4.06. The summed E-state index contributed by atoms with van der Waals surface area (Å²) in [6, 6.07) is 13.6. The first-order valence-corrected chi connectivity index (χ1v) is 9.27. The highest BCUT2D eigenvalue weighted by molar-refractivity contribution is 5.44. The van der Waals surface area contributed by atoms with Crippen LogP contribution in [-0.2, 0) is 0 Å². The van der Waals surface area contributed by atoms with Crippen LogP contribution in [0.15, 0.2) is 53.3 Å². The molecular formula is C23H26O3. The third kappa shape index (κ3) is 7.03. The van der Waals surface area contributed by atoms with E-state index in [1.54, 1.807) is 12.1 Å². The predicted molar refractivity (Wildman–Crippen MR) is 106 cm³/mol. The minimum atomic E-state index is -0.412. The van der Waals surface area contributed by atoms with E-state index in [4.69, 9.17) is 4.74 Å². The van der Waals surface area contributed by atoms with Crippen molar-refractivity contribution in [3.8, 4) is 23.3 Å². The Morgan fingerprint density at radius 3 is 2.08 bits per heavy atom. The van der Waals surface area contributed by atoms with Crippen LogP contribution in [0.4, 0.5) is 0 Å². The number of benzene rings is 1. The first-order chi connectivity index (χ1) is 12.7. The van der Waals surface area contributed by atoms with Gasteiger partial charge in [0.25, 0.3) is 0 Å². The van der Waals surface area contributed by atoms with Crippen molar-refractivity contribution in [2.75, 3.05) is 6.61 Å². The molecule has 0 fully saturated rings. The molecule has 0 aliphatic rings. The average molecular weight is 350 g/mol. The molecule has 0 saturated heterocycles. The van der Waals surface area contributed by atoms with E-state index in [1.165, 1.54) is 44.2 Å². The van der Waals surface area contributed by atoms with Crippen LogP contribution in [0.2, 0.25) is 0 Å². The molecule has 0 atom stereocenters. The van der Waals surface area contributed by atoms with Gasteiger partial charge in [0.15, 0.2) is 5.75 Å². The zero-order valence-corrected chi connectivity index (χ0v) is 15.3. The molecule has 0 bridgehead atoms. The maximum Gasteiger partial charge on any atom is 0.220 e. The Kier molecular flexibility index (Phi) is 8.29. The Bertz CT molecular complexity index is 798. The highest BCUT2D eigenvalue weighted by Gasteiger charge is 1.96. The molecule has 0 aromatic heterocycles. The second kappa shape index (κ2) is 11.0. The van der Waals surface area contributed by atoms with E-state index in [-0.39, 0.29) is 5.75 Å².